The molecule has 0 saturated carbocycles. The molecule has 1 aromatic carbocycles. The topological polar surface area (TPSA) is 84.2 Å². The lowest BCUT2D eigenvalue weighted by Gasteiger charge is -2.33. The molecule has 1 fully saturated rings. The van der Waals surface area contributed by atoms with Crippen molar-refractivity contribution in [3.8, 4) is 0 Å². The summed E-state index contributed by atoms with van der Waals surface area (Å²) >= 11 is 6.01. The average molecular weight is 390 g/mol. The van der Waals surface area contributed by atoms with Crippen LogP contribution in [0.1, 0.15) is 18.5 Å². The van der Waals surface area contributed by atoms with E-state index in [4.69, 9.17) is 16.1 Å². The van der Waals surface area contributed by atoms with Crippen molar-refractivity contribution < 1.29 is 13.7 Å². The molecular formula is C18H17ClFN5O2. The number of piperidine rings is 1. The Morgan fingerprint density at radius 3 is 3.07 bits per heavy atom. The second-order valence-electron chi connectivity index (χ2n) is 6.54. The molecule has 3 heterocycles. The fraction of sp³-hybridized carbons (Fsp3) is 0.333. The Bertz CT molecular complexity index is 1010. The Balaban J connectivity index is 1.54. The first-order valence-corrected chi connectivity index (χ1v) is 8.98. The van der Waals surface area contributed by atoms with Crippen LogP contribution in [-0.4, -0.2) is 34.1 Å². The summed E-state index contributed by atoms with van der Waals surface area (Å²) in [6.45, 7) is 3.11. The van der Waals surface area contributed by atoms with Crippen LogP contribution in [0.5, 0.6) is 0 Å². The van der Waals surface area contributed by atoms with Crippen molar-refractivity contribution in [3.63, 3.8) is 0 Å². The van der Waals surface area contributed by atoms with Gasteiger partial charge in [0.2, 0.25) is 5.91 Å². The second kappa shape index (κ2) is 7.11. The van der Waals surface area contributed by atoms with Gasteiger partial charge in [0.05, 0.1) is 22.3 Å². The Morgan fingerprint density at radius 1 is 1.41 bits per heavy atom. The Morgan fingerprint density at radius 2 is 2.26 bits per heavy atom. The molecule has 0 bridgehead atoms. The minimum absolute atomic E-state index is 0.152. The van der Waals surface area contributed by atoms with Crippen LogP contribution in [0.4, 0.5) is 15.9 Å². The van der Waals surface area contributed by atoms with Gasteiger partial charge in [-0.15, -0.1) is 0 Å². The average Bonchev–Trinajstić information content (AvgIpc) is 3.05. The van der Waals surface area contributed by atoms with Crippen molar-refractivity contribution in [1.29, 1.82) is 0 Å². The van der Waals surface area contributed by atoms with Gasteiger partial charge in [0.15, 0.2) is 0 Å². The summed E-state index contributed by atoms with van der Waals surface area (Å²) in [5.41, 5.74) is 1.55. The molecule has 2 aromatic heterocycles. The predicted molar refractivity (Wildman–Crippen MR) is 99.3 cm³/mol. The lowest BCUT2D eigenvalue weighted by molar-refractivity contribution is -0.120. The maximum atomic E-state index is 13.2. The number of benzene rings is 1. The fourth-order valence-electron chi connectivity index (χ4n) is 3.35. The number of carbonyl (C=O) groups is 1. The van der Waals surface area contributed by atoms with Gasteiger partial charge in [-0.25, -0.2) is 9.37 Å². The molecule has 7 nitrogen and oxygen atoms in total. The molecule has 4 rings (SSSR count). The van der Waals surface area contributed by atoms with E-state index in [0.717, 1.165) is 30.6 Å². The summed E-state index contributed by atoms with van der Waals surface area (Å²) in [4.78, 5) is 23.2. The Labute approximate surface area is 159 Å². The van der Waals surface area contributed by atoms with Crippen LogP contribution in [-0.2, 0) is 4.79 Å². The smallest absolute Gasteiger partial charge is 0.263 e. The monoisotopic (exact) mass is 389 g/mol. The SMILES string of the molecule is Cc1noc2ncnc(N3CCC[C@@H](C(=O)Nc4ccc(F)cc4Cl)C3)c12. The maximum absolute atomic E-state index is 13.2. The number of aromatic nitrogens is 3. The lowest BCUT2D eigenvalue weighted by atomic mass is 9.96. The third-order valence-corrected chi connectivity index (χ3v) is 5.02. The third-order valence-electron chi connectivity index (χ3n) is 4.70. The fourth-order valence-corrected chi connectivity index (χ4v) is 3.57. The summed E-state index contributed by atoms with van der Waals surface area (Å²) in [5.74, 6) is -0.125. The maximum Gasteiger partial charge on any atom is 0.263 e. The standard InChI is InChI=1S/C18H17ClFN5O2/c1-10-15-16(21-9-22-18(15)27-24-10)25-6-2-3-11(8-25)17(26)23-14-5-4-12(20)7-13(14)19/h4-5,7,9,11H,2-3,6,8H2,1H3,(H,23,26)/t11-/m1/s1. The highest BCUT2D eigenvalue weighted by atomic mass is 35.5. The molecule has 0 aliphatic carbocycles. The Kier molecular flexibility index (Phi) is 4.65. The third kappa shape index (κ3) is 3.44. The lowest BCUT2D eigenvalue weighted by Crippen LogP contribution is -2.41. The van der Waals surface area contributed by atoms with E-state index in [-0.39, 0.29) is 16.8 Å². The molecule has 3 aromatic rings. The molecule has 0 spiro atoms. The van der Waals surface area contributed by atoms with Crippen LogP contribution in [0, 0.1) is 18.7 Å². The van der Waals surface area contributed by atoms with Gasteiger partial charge in [0.1, 0.15) is 23.3 Å². The molecule has 0 unspecified atom stereocenters. The molecule has 0 radical (unpaired) electrons. The van der Waals surface area contributed by atoms with Crippen molar-refractivity contribution in [2.75, 3.05) is 23.3 Å². The zero-order valence-corrected chi connectivity index (χ0v) is 15.3. The van der Waals surface area contributed by atoms with Gasteiger partial charge < -0.3 is 14.7 Å². The summed E-state index contributed by atoms with van der Waals surface area (Å²) in [6, 6.07) is 3.91. The first-order chi connectivity index (χ1) is 13.0. The zero-order chi connectivity index (χ0) is 19.0. The van der Waals surface area contributed by atoms with E-state index in [9.17, 15) is 9.18 Å². The van der Waals surface area contributed by atoms with E-state index in [2.05, 4.69) is 20.4 Å². The van der Waals surface area contributed by atoms with Gasteiger partial charge in [0, 0.05) is 13.1 Å². The Hall–Kier alpha value is -2.74. The molecule has 1 saturated heterocycles. The van der Waals surface area contributed by atoms with Crippen molar-refractivity contribution in [1.82, 2.24) is 15.1 Å². The number of hydrogen-bond acceptors (Lipinski definition) is 6. The van der Waals surface area contributed by atoms with E-state index < -0.39 is 5.82 Å². The quantitative estimate of drug-likeness (QED) is 0.737. The molecular weight excluding hydrogens is 373 g/mol. The summed E-state index contributed by atoms with van der Waals surface area (Å²) in [7, 11) is 0. The first kappa shape index (κ1) is 17.7. The highest BCUT2D eigenvalue weighted by molar-refractivity contribution is 6.33. The number of hydrogen-bond donors (Lipinski definition) is 1. The number of fused-ring (bicyclic) bond motifs is 1. The molecule has 1 aliphatic heterocycles. The van der Waals surface area contributed by atoms with Gasteiger partial charge in [-0.05, 0) is 38.0 Å². The van der Waals surface area contributed by atoms with Crippen molar-refractivity contribution >= 4 is 40.1 Å². The van der Waals surface area contributed by atoms with Gasteiger partial charge in [-0.2, -0.15) is 4.98 Å². The van der Waals surface area contributed by atoms with Gasteiger partial charge >= 0.3 is 0 Å². The van der Waals surface area contributed by atoms with Gasteiger partial charge in [0.25, 0.3) is 5.71 Å². The molecule has 1 atom stereocenters. The van der Waals surface area contributed by atoms with Crippen LogP contribution in [0.25, 0.3) is 11.1 Å². The molecule has 1 amide bonds. The summed E-state index contributed by atoms with van der Waals surface area (Å²) in [6.07, 6.45) is 3.02. The van der Waals surface area contributed by atoms with Crippen LogP contribution >= 0.6 is 11.6 Å². The minimum atomic E-state index is -0.446. The van der Waals surface area contributed by atoms with E-state index in [1.165, 1.54) is 24.5 Å². The van der Waals surface area contributed by atoms with Crippen LogP contribution in [0.3, 0.4) is 0 Å². The molecule has 9 heteroatoms. The number of anilines is 2. The van der Waals surface area contributed by atoms with Crippen LogP contribution < -0.4 is 10.2 Å². The van der Waals surface area contributed by atoms with Crippen LogP contribution in [0.15, 0.2) is 29.0 Å². The van der Waals surface area contributed by atoms with E-state index >= 15 is 0 Å². The number of nitrogens with zero attached hydrogens (tertiary/aromatic N) is 4. The molecule has 27 heavy (non-hydrogen) atoms. The number of amides is 1. The van der Waals surface area contributed by atoms with Gasteiger partial charge in [-0.1, -0.05) is 16.8 Å². The van der Waals surface area contributed by atoms with E-state index in [0.29, 0.717) is 23.6 Å². The molecule has 140 valence electrons. The summed E-state index contributed by atoms with van der Waals surface area (Å²) in [5, 5.41) is 7.68. The number of carbonyl (C=O) groups excluding carboxylic acids is 1. The molecule has 1 N–H and O–H groups in total. The first-order valence-electron chi connectivity index (χ1n) is 8.61. The van der Waals surface area contributed by atoms with Gasteiger partial charge in [-0.3, -0.25) is 4.79 Å². The second-order valence-corrected chi connectivity index (χ2v) is 6.95. The number of aryl methyl sites for hydroxylation is 1. The predicted octanol–water partition coefficient (Wildman–Crippen LogP) is 3.57. The van der Waals surface area contributed by atoms with E-state index in [1.807, 2.05) is 11.8 Å². The highest BCUT2D eigenvalue weighted by Crippen LogP contribution is 2.30. The normalized spacial score (nSPS) is 17.3. The van der Waals surface area contributed by atoms with E-state index in [1.54, 1.807) is 0 Å². The van der Waals surface area contributed by atoms with Crippen molar-refractivity contribution in [3.05, 3.63) is 41.1 Å². The largest absolute Gasteiger partial charge is 0.355 e. The van der Waals surface area contributed by atoms with Crippen LogP contribution in [0.2, 0.25) is 5.02 Å². The minimum Gasteiger partial charge on any atom is -0.355 e. The highest BCUT2D eigenvalue weighted by Gasteiger charge is 2.29. The van der Waals surface area contributed by atoms with Crippen molar-refractivity contribution in [2.24, 2.45) is 5.92 Å². The molecule has 1 aliphatic rings. The number of rotatable bonds is 3. The summed E-state index contributed by atoms with van der Waals surface area (Å²) < 4.78 is 18.4. The zero-order valence-electron chi connectivity index (χ0n) is 14.6. The number of nitrogens with one attached hydrogen (secondary N) is 1. The van der Waals surface area contributed by atoms with Crippen molar-refractivity contribution in [2.45, 2.75) is 19.8 Å². The number of halogens is 2.